The van der Waals surface area contributed by atoms with Crippen molar-refractivity contribution in [2.75, 3.05) is 20.1 Å². The number of likely N-dealkylation sites (N-methyl/N-ethyl adjacent to an activating group) is 1. The minimum Gasteiger partial charge on any atom is -0.444 e. The number of rotatable bonds is 4. The molecule has 0 aliphatic carbocycles. The van der Waals surface area contributed by atoms with Gasteiger partial charge in [0.05, 0.1) is 0 Å². The number of hydrogen-bond donors (Lipinski definition) is 0. The summed E-state index contributed by atoms with van der Waals surface area (Å²) in [6, 6.07) is 4.37. The number of carbonyl (C=O) groups excluding carboxylic acids is 1. The van der Waals surface area contributed by atoms with E-state index in [9.17, 15) is 18.0 Å². The summed E-state index contributed by atoms with van der Waals surface area (Å²) < 4.78 is 48.0. The largest absolute Gasteiger partial charge is 0.573 e. The molecule has 9 heteroatoms. The Balaban J connectivity index is 2.02. The first-order valence-electron chi connectivity index (χ1n) is 8.56. The van der Waals surface area contributed by atoms with Crippen molar-refractivity contribution in [1.29, 1.82) is 0 Å². The highest BCUT2D eigenvalue weighted by Gasteiger charge is 2.34. The summed E-state index contributed by atoms with van der Waals surface area (Å²) in [6.07, 6.45) is -4.43. The number of carbonyl (C=O) groups is 1. The summed E-state index contributed by atoms with van der Waals surface area (Å²) in [5.41, 5.74) is -0.147. The van der Waals surface area contributed by atoms with Crippen LogP contribution in [0.3, 0.4) is 0 Å². The maximum Gasteiger partial charge on any atom is 0.573 e. The number of nitrogens with zero attached hydrogens (tertiary/aromatic N) is 2. The van der Waals surface area contributed by atoms with E-state index in [1.807, 2.05) is 4.90 Å². The highest BCUT2D eigenvalue weighted by Crippen LogP contribution is 2.31. The lowest BCUT2D eigenvalue weighted by Crippen LogP contribution is -2.42. The van der Waals surface area contributed by atoms with E-state index < -0.39 is 18.1 Å². The van der Waals surface area contributed by atoms with Crippen LogP contribution in [0.15, 0.2) is 22.7 Å². The van der Waals surface area contributed by atoms with Crippen LogP contribution in [0.5, 0.6) is 5.75 Å². The van der Waals surface area contributed by atoms with Gasteiger partial charge in [0.15, 0.2) is 0 Å². The van der Waals surface area contributed by atoms with Crippen LogP contribution in [-0.2, 0) is 11.3 Å². The Morgan fingerprint density at radius 2 is 2.00 bits per heavy atom. The van der Waals surface area contributed by atoms with E-state index >= 15 is 0 Å². The maximum atomic E-state index is 12.6. The van der Waals surface area contributed by atoms with Crippen molar-refractivity contribution in [2.45, 2.75) is 51.7 Å². The van der Waals surface area contributed by atoms with E-state index in [1.165, 1.54) is 12.1 Å². The van der Waals surface area contributed by atoms with Gasteiger partial charge in [-0.1, -0.05) is 15.9 Å². The molecule has 0 radical (unpaired) electrons. The molecule has 0 N–H and O–H groups in total. The van der Waals surface area contributed by atoms with Crippen molar-refractivity contribution in [1.82, 2.24) is 9.80 Å². The number of likely N-dealkylation sites (tertiary alicyclic amines) is 1. The second-order valence-corrected chi connectivity index (χ2v) is 8.48. The van der Waals surface area contributed by atoms with E-state index in [-0.39, 0.29) is 11.8 Å². The summed E-state index contributed by atoms with van der Waals surface area (Å²) in [4.78, 5) is 15.8. The van der Waals surface area contributed by atoms with Crippen molar-refractivity contribution < 1.29 is 27.4 Å². The van der Waals surface area contributed by atoms with Gasteiger partial charge in [-0.15, -0.1) is 13.2 Å². The van der Waals surface area contributed by atoms with Crippen molar-refractivity contribution in [3.63, 3.8) is 0 Å². The second-order valence-electron chi connectivity index (χ2n) is 7.57. The summed E-state index contributed by atoms with van der Waals surface area (Å²) in [7, 11) is 1.68. The molecule has 1 atom stereocenters. The molecular formula is C18H24BrF3N2O3. The van der Waals surface area contributed by atoms with Gasteiger partial charge in [-0.05, 0) is 45.4 Å². The van der Waals surface area contributed by atoms with Crippen molar-refractivity contribution in [3.05, 3.63) is 28.2 Å². The lowest BCUT2D eigenvalue weighted by atomic mass is 10.2. The van der Waals surface area contributed by atoms with Gasteiger partial charge in [0.1, 0.15) is 11.4 Å². The Bertz CT molecular complexity index is 677. The number of halogens is 4. The zero-order valence-corrected chi connectivity index (χ0v) is 17.4. The molecule has 1 heterocycles. The molecule has 0 saturated carbocycles. The van der Waals surface area contributed by atoms with Gasteiger partial charge >= 0.3 is 12.5 Å². The molecule has 152 valence electrons. The van der Waals surface area contributed by atoms with Gasteiger partial charge in [-0.2, -0.15) is 0 Å². The van der Waals surface area contributed by atoms with E-state index in [0.717, 1.165) is 6.42 Å². The highest BCUT2D eigenvalue weighted by atomic mass is 79.9. The molecule has 5 nitrogen and oxygen atoms in total. The Labute approximate surface area is 165 Å². The molecule has 0 spiro atoms. The fourth-order valence-electron chi connectivity index (χ4n) is 2.89. The average molecular weight is 453 g/mol. The van der Waals surface area contributed by atoms with E-state index in [4.69, 9.17) is 4.74 Å². The number of alkyl halides is 3. The first-order chi connectivity index (χ1) is 12.3. The van der Waals surface area contributed by atoms with Gasteiger partial charge in [0.2, 0.25) is 0 Å². The van der Waals surface area contributed by atoms with E-state index in [1.54, 1.807) is 38.8 Å². The van der Waals surface area contributed by atoms with Crippen LogP contribution in [0.25, 0.3) is 0 Å². The monoisotopic (exact) mass is 452 g/mol. The zero-order valence-electron chi connectivity index (χ0n) is 15.8. The van der Waals surface area contributed by atoms with Gasteiger partial charge < -0.3 is 14.4 Å². The molecule has 1 aromatic rings. The van der Waals surface area contributed by atoms with Crippen LogP contribution in [0.2, 0.25) is 0 Å². The summed E-state index contributed by atoms with van der Waals surface area (Å²) in [5.74, 6) is -0.213. The highest BCUT2D eigenvalue weighted by molar-refractivity contribution is 9.10. The third-order valence-electron chi connectivity index (χ3n) is 4.12. The fraction of sp³-hybridized carbons (Fsp3) is 0.611. The van der Waals surface area contributed by atoms with Crippen molar-refractivity contribution in [3.8, 4) is 5.75 Å². The van der Waals surface area contributed by atoms with Crippen LogP contribution in [0.1, 0.15) is 32.8 Å². The first kappa shape index (κ1) is 21.8. The Morgan fingerprint density at radius 3 is 2.59 bits per heavy atom. The van der Waals surface area contributed by atoms with E-state index in [2.05, 4.69) is 20.7 Å². The molecule has 1 aromatic carbocycles. The Kier molecular flexibility index (Phi) is 6.68. The predicted molar refractivity (Wildman–Crippen MR) is 98.5 cm³/mol. The molecular weight excluding hydrogens is 429 g/mol. The third-order valence-corrected chi connectivity index (χ3v) is 4.61. The van der Waals surface area contributed by atoms with E-state index in [0.29, 0.717) is 29.7 Å². The number of benzene rings is 1. The van der Waals surface area contributed by atoms with Crippen LogP contribution in [0, 0.1) is 0 Å². The number of amides is 1. The van der Waals surface area contributed by atoms with Crippen LogP contribution >= 0.6 is 15.9 Å². The quantitative estimate of drug-likeness (QED) is 0.658. The molecule has 1 fully saturated rings. The number of ether oxygens (including phenoxy) is 2. The first-order valence-corrected chi connectivity index (χ1v) is 9.36. The van der Waals surface area contributed by atoms with Crippen LogP contribution < -0.4 is 4.74 Å². The normalized spacial score (nSPS) is 18.4. The van der Waals surface area contributed by atoms with Gasteiger partial charge in [0.25, 0.3) is 0 Å². The Morgan fingerprint density at radius 1 is 1.33 bits per heavy atom. The molecule has 0 bridgehead atoms. The summed E-state index contributed by atoms with van der Waals surface area (Å²) >= 11 is 3.28. The second kappa shape index (κ2) is 8.26. The molecule has 1 amide bonds. The molecule has 0 aromatic heterocycles. The van der Waals surface area contributed by atoms with Gasteiger partial charge in [0, 0.05) is 42.8 Å². The standard InChI is InChI=1S/C18H24BrF3N2O3/c1-17(2,3)27-16(25)23(4)14-7-8-24(11-14)10-12-9-13(19)5-6-15(12)26-18(20,21)22/h5-6,9,14H,7-8,10-11H2,1-4H3/t14-/m1/s1. The van der Waals surface area contributed by atoms with Gasteiger partial charge in [-0.3, -0.25) is 4.90 Å². The smallest absolute Gasteiger partial charge is 0.444 e. The zero-order chi connectivity index (χ0) is 20.4. The molecule has 0 unspecified atom stereocenters. The van der Waals surface area contributed by atoms with Gasteiger partial charge in [-0.25, -0.2) is 4.79 Å². The van der Waals surface area contributed by atoms with Crippen LogP contribution in [0.4, 0.5) is 18.0 Å². The Hall–Kier alpha value is -1.48. The third kappa shape index (κ3) is 6.88. The fourth-order valence-corrected chi connectivity index (χ4v) is 3.30. The topological polar surface area (TPSA) is 42.0 Å². The molecule has 27 heavy (non-hydrogen) atoms. The minimum absolute atomic E-state index is 0.0565. The van der Waals surface area contributed by atoms with Crippen molar-refractivity contribution in [2.24, 2.45) is 0 Å². The SMILES string of the molecule is CN(C(=O)OC(C)(C)C)[C@@H]1CCN(Cc2cc(Br)ccc2OC(F)(F)F)C1. The predicted octanol–water partition coefficient (Wildman–Crippen LogP) is 4.79. The average Bonchev–Trinajstić information content (AvgIpc) is 2.95. The van der Waals surface area contributed by atoms with Crippen molar-refractivity contribution >= 4 is 22.0 Å². The lowest BCUT2D eigenvalue weighted by molar-refractivity contribution is -0.275. The molecule has 1 aliphatic heterocycles. The number of hydrogen-bond acceptors (Lipinski definition) is 4. The molecule has 1 saturated heterocycles. The molecule has 1 aliphatic rings. The summed E-state index contributed by atoms with van der Waals surface area (Å²) in [5, 5.41) is 0. The summed E-state index contributed by atoms with van der Waals surface area (Å²) in [6.45, 7) is 6.91. The molecule has 2 rings (SSSR count). The minimum atomic E-state index is -4.74. The lowest BCUT2D eigenvalue weighted by Gasteiger charge is -2.28. The maximum absolute atomic E-state index is 12.6. The van der Waals surface area contributed by atoms with Crippen LogP contribution in [-0.4, -0.2) is 54.0 Å².